The van der Waals surface area contributed by atoms with Crippen molar-refractivity contribution in [2.24, 2.45) is 5.92 Å². The van der Waals surface area contributed by atoms with Gasteiger partial charge in [0.1, 0.15) is 5.82 Å². The highest BCUT2D eigenvalue weighted by Gasteiger charge is 2.23. The highest BCUT2D eigenvalue weighted by molar-refractivity contribution is 6.01. The number of benzene rings is 2. The highest BCUT2D eigenvalue weighted by atomic mass is 19.1. The summed E-state index contributed by atoms with van der Waals surface area (Å²) >= 11 is 0. The van der Waals surface area contributed by atoms with Gasteiger partial charge in [-0.3, -0.25) is 14.9 Å². The van der Waals surface area contributed by atoms with E-state index < -0.39 is 0 Å². The van der Waals surface area contributed by atoms with Crippen molar-refractivity contribution in [1.82, 2.24) is 25.1 Å². The molecule has 0 saturated heterocycles. The Hall–Kier alpha value is -4.85. The van der Waals surface area contributed by atoms with Crippen molar-refractivity contribution in [3.05, 3.63) is 85.1 Å². The van der Waals surface area contributed by atoms with Crippen LogP contribution >= 0.6 is 0 Å². The molecule has 1 aliphatic rings. The molecule has 8 heteroatoms. The van der Waals surface area contributed by atoms with Crippen LogP contribution in [-0.4, -0.2) is 31.1 Å². The molecule has 192 valence electrons. The minimum atomic E-state index is -0.268. The van der Waals surface area contributed by atoms with E-state index in [0.717, 1.165) is 75.6 Å². The number of halogens is 1. The van der Waals surface area contributed by atoms with Crippen molar-refractivity contribution >= 4 is 33.5 Å². The fourth-order valence-corrected chi connectivity index (χ4v) is 5.56. The monoisotopic (exact) mass is 516 g/mol. The van der Waals surface area contributed by atoms with E-state index in [2.05, 4.69) is 36.5 Å². The number of aromatic amines is 2. The van der Waals surface area contributed by atoms with Crippen LogP contribution in [0.1, 0.15) is 25.7 Å². The number of hydrogen-bond acceptors (Lipinski definition) is 4. The van der Waals surface area contributed by atoms with Crippen LogP contribution in [0, 0.1) is 11.7 Å². The van der Waals surface area contributed by atoms with E-state index in [1.165, 1.54) is 6.07 Å². The summed E-state index contributed by atoms with van der Waals surface area (Å²) in [5.41, 5.74) is 7.35. The molecule has 4 heterocycles. The van der Waals surface area contributed by atoms with Crippen molar-refractivity contribution < 1.29 is 9.18 Å². The third-order valence-electron chi connectivity index (χ3n) is 7.54. The van der Waals surface area contributed by atoms with E-state index in [-0.39, 0.29) is 17.6 Å². The molecule has 39 heavy (non-hydrogen) atoms. The zero-order valence-corrected chi connectivity index (χ0v) is 21.0. The van der Waals surface area contributed by atoms with E-state index in [1.54, 1.807) is 30.7 Å². The van der Waals surface area contributed by atoms with Crippen LogP contribution in [0.4, 0.5) is 10.1 Å². The number of hydrogen-bond donors (Lipinski definition) is 3. The number of H-pyrrole nitrogens is 2. The first-order valence-corrected chi connectivity index (χ1v) is 13.1. The number of carbonyl (C=O) groups is 1. The van der Waals surface area contributed by atoms with Crippen LogP contribution in [0.2, 0.25) is 0 Å². The Morgan fingerprint density at radius 1 is 0.897 bits per heavy atom. The maximum Gasteiger partial charge on any atom is 0.227 e. The molecule has 2 aromatic carbocycles. The maximum atomic E-state index is 13.9. The predicted molar refractivity (Wildman–Crippen MR) is 150 cm³/mol. The number of anilines is 1. The fraction of sp³-hybridized carbons (Fsp3) is 0.161. The van der Waals surface area contributed by atoms with Gasteiger partial charge in [0.25, 0.3) is 0 Å². The Balaban J connectivity index is 1.25. The van der Waals surface area contributed by atoms with Gasteiger partial charge in [-0.25, -0.2) is 9.37 Å². The predicted octanol–water partition coefficient (Wildman–Crippen LogP) is 7.10. The van der Waals surface area contributed by atoms with Gasteiger partial charge < -0.3 is 10.3 Å². The van der Waals surface area contributed by atoms with E-state index in [9.17, 15) is 9.18 Å². The largest absolute Gasteiger partial charge is 0.353 e. The number of nitrogens with zero attached hydrogens (tertiary/aromatic N) is 3. The quantitative estimate of drug-likeness (QED) is 0.227. The van der Waals surface area contributed by atoms with Crippen LogP contribution in [0.25, 0.3) is 55.6 Å². The molecule has 1 aliphatic carbocycles. The smallest absolute Gasteiger partial charge is 0.227 e. The number of amides is 1. The number of nitrogens with one attached hydrogen (secondary N) is 3. The van der Waals surface area contributed by atoms with Gasteiger partial charge in [0.05, 0.1) is 23.3 Å². The molecule has 1 saturated carbocycles. The summed E-state index contributed by atoms with van der Waals surface area (Å²) in [6.45, 7) is 0. The van der Waals surface area contributed by atoms with Crippen molar-refractivity contribution in [3.63, 3.8) is 0 Å². The highest BCUT2D eigenvalue weighted by Crippen LogP contribution is 2.35. The molecule has 1 amide bonds. The standard InChI is InChI=1S/C31H25FN6O/c32-22-8-3-7-19(11-22)24-9-4-10-27-25(24)14-28(36-27)29-26-13-21(16-34-30(26)38-37-29)20-12-23(17-33-15-20)35-31(39)18-5-1-2-6-18/h3-4,7-18,36H,1-2,5-6H2,(H,35,39)(H,34,37,38). The molecule has 0 aliphatic heterocycles. The van der Waals surface area contributed by atoms with Gasteiger partial charge in [-0.15, -0.1) is 0 Å². The Kier molecular flexibility index (Phi) is 5.65. The van der Waals surface area contributed by atoms with Gasteiger partial charge >= 0.3 is 0 Å². The van der Waals surface area contributed by atoms with E-state index in [0.29, 0.717) is 11.3 Å². The molecule has 7 rings (SSSR count). The number of carbonyl (C=O) groups excluding carboxylic acids is 1. The second-order valence-corrected chi connectivity index (χ2v) is 10.1. The van der Waals surface area contributed by atoms with Gasteiger partial charge in [0, 0.05) is 45.7 Å². The normalized spacial score (nSPS) is 13.9. The summed E-state index contributed by atoms with van der Waals surface area (Å²) in [6, 6.07) is 18.6. The Morgan fingerprint density at radius 3 is 2.62 bits per heavy atom. The molecular weight excluding hydrogens is 491 g/mol. The van der Waals surface area contributed by atoms with Gasteiger partial charge in [-0.2, -0.15) is 5.10 Å². The lowest BCUT2D eigenvalue weighted by Crippen LogP contribution is -2.20. The fourth-order valence-electron chi connectivity index (χ4n) is 5.56. The lowest BCUT2D eigenvalue weighted by molar-refractivity contribution is -0.119. The molecule has 0 spiro atoms. The summed E-state index contributed by atoms with van der Waals surface area (Å²) in [6.07, 6.45) is 9.31. The topological polar surface area (TPSA) is 99.3 Å². The molecule has 0 atom stereocenters. The Bertz CT molecular complexity index is 1850. The van der Waals surface area contributed by atoms with Crippen LogP contribution in [-0.2, 0) is 4.79 Å². The molecule has 4 aromatic heterocycles. The second kappa shape index (κ2) is 9.47. The SMILES string of the molecule is O=C(Nc1cncc(-c2cnc3n[nH]c(-c4cc5c(-c6cccc(F)c6)cccc5[nH]4)c3c2)c1)C1CCCC1. The minimum Gasteiger partial charge on any atom is -0.353 e. The minimum absolute atomic E-state index is 0.0635. The first-order chi connectivity index (χ1) is 19.1. The van der Waals surface area contributed by atoms with Crippen LogP contribution in [0.5, 0.6) is 0 Å². The Morgan fingerprint density at radius 2 is 1.74 bits per heavy atom. The zero-order chi connectivity index (χ0) is 26.3. The molecular formula is C31H25FN6O. The van der Waals surface area contributed by atoms with E-state index in [4.69, 9.17) is 0 Å². The third-order valence-corrected chi connectivity index (χ3v) is 7.54. The molecule has 1 fully saturated rings. The second-order valence-electron chi connectivity index (χ2n) is 10.1. The van der Waals surface area contributed by atoms with Gasteiger partial charge in [-0.1, -0.05) is 37.1 Å². The van der Waals surface area contributed by atoms with Crippen molar-refractivity contribution in [2.75, 3.05) is 5.32 Å². The van der Waals surface area contributed by atoms with Gasteiger partial charge in [-0.05, 0) is 60.4 Å². The summed E-state index contributed by atoms with van der Waals surface area (Å²) < 4.78 is 13.9. The lowest BCUT2D eigenvalue weighted by Gasteiger charge is -2.11. The number of fused-ring (bicyclic) bond motifs is 2. The van der Waals surface area contributed by atoms with Crippen molar-refractivity contribution in [3.8, 4) is 33.6 Å². The van der Waals surface area contributed by atoms with Crippen molar-refractivity contribution in [2.45, 2.75) is 25.7 Å². The maximum absolute atomic E-state index is 13.9. The average molecular weight is 517 g/mol. The molecule has 0 unspecified atom stereocenters. The molecule has 7 nitrogen and oxygen atoms in total. The van der Waals surface area contributed by atoms with Crippen LogP contribution in [0.3, 0.4) is 0 Å². The van der Waals surface area contributed by atoms with Crippen LogP contribution in [0.15, 0.2) is 79.3 Å². The zero-order valence-electron chi connectivity index (χ0n) is 21.0. The van der Waals surface area contributed by atoms with E-state index in [1.807, 2.05) is 36.4 Å². The number of pyridine rings is 2. The first-order valence-electron chi connectivity index (χ1n) is 13.1. The molecule has 6 aromatic rings. The third kappa shape index (κ3) is 4.33. The van der Waals surface area contributed by atoms with E-state index >= 15 is 0 Å². The molecule has 0 bridgehead atoms. The summed E-state index contributed by atoms with van der Waals surface area (Å²) in [4.78, 5) is 25.0. The Labute approximate surface area is 223 Å². The van der Waals surface area contributed by atoms with Crippen molar-refractivity contribution in [1.29, 1.82) is 0 Å². The first kappa shape index (κ1) is 23.3. The number of rotatable bonds is 5. The average Bonchev–Trinajstić information content (AvgIpc) is 3.72. The molecule has 3 N–H and O–H groups in total. The summed E-state index contributed by atoms with van der Waals surface area (Å²) in [7, 11) is 0. The summed E-state index contributed by atoms with van der Waals surface area (Å²) in [5, 5.41) is 12.4. The lowest BCUT2D eigenvalue weighted by atomic mass is 10.0. The van der Waals surface area contributed by atoms with Crippen LogP contribution < -0.4 is 5.32 Å². The van der Waals surface area contributed by atoms with Gasteiger partial charge in [0.15, 0.2) is 5.65 Å². The number of aromatic nitrogens is 5. The summed E-state index contributed by atoms with van der Waals surface area (Å²) in [5.74, 6) is -0.124. The molecule has 0 radical (unpaired) electrons. The van der Waals surface area contributed by atoms with Gasteiger partial charge in [0.2, 0.25) is 5.91 Å².